The van der Waals surface area contributed by atoms with Crippen LogP contribution in [0.15, 0.2) is 95.6 Å². The van der Waals surface area contributed by atoms with Crippen LogP contribution < -0.4 is 14.4 Å². The summed E-state index contributed by atoms with van der Waals surface area (Å²) in [6.45, 7) is 0.243. The summed E-state index contributed by atoms with van der Waals surface area (Å²) >= 11 is 1.39. The van der Waals surface area contributed by atoms with Gasteiger partial charge in [-0.05, 0) is 35.4 Å². The van der Waals surface area contributed by atoms with Gasteiger partial charge in [-0.1, -0.05) is 72.0 Å². The third-order valence-electron chi connectivity index (χ3n) is 5.80. The predicted octanol–water partition coefficient (Wildman–Crippen LogP) is 6.27. The summed E-state index contributed by atoms with van der Waals surface area (Å²) in [6, 6.07) is 26.9. The fraction of sp³-hybridized carbons (Fsp3) is 0.143. The zero-order valence-corrected chi connectivity index (χ0v) is 20.2. The highest BCUT2D eigenvalue weighted by molar-refractivity contribution is 7.22. The molecule has 0 unspecified atom stereocenters. The number of ether oxygens (including phenoxy) is 2. The number of nitrogens with zero attached hydrogens (tertiary/aromatic N) is 2. The van der Waals surface area contributed by atoms with Gasteiger partial charge < -0.3 is 13.9 Å². The highest BCUT2D eigenvalue weighted by atomic mass is 32.1. The molecule has 1 amide bonds. The van der Waals surface area contributed by atoms with Gasteiger partial charge in [0, 0.05) is 0 Å². The topological polar surface area (TPSA) is 64.8 Å². The van der Waals surface area contributed by atoms with Gasteiger partial charge in [-0.25, -0.2) is 4.98 Å². The molecule has 0 saturated heterocycles. The molecule has 5 rings (SSSR count). The van der Waals surface area contributed by atoms with Gasteiger partial charge in [0.15, 0.2) is 5.13 Å². The molecule has 0 N–H and O–H groups in total. The Morgan fingerprint density at radius 1 is 0.886 bits per heavy atom. The average Bonchev–Trinajstić information content (AvgIpc) is 3.58. The van der Waals surface area contributed by atoms with Crippen LogP contribution in [0.3, 0.4) is 0 Å². The van der Waals surface area contributed by atoms with Gasteiger partial charge in [0.05, 0.1) is 32.9 Å². The molecule has 3 aromatic carbocycles. The summed E-state index contributed by atoms with van der Waals surface area (Å²) < 4.78 is 17.5. The molecule has 0 aliphatic carbocycles. The van der Waals surface area contributed by atoms with E-state index in [0.29, 0.717) is 27.9 Å². The molecule has 0 aliphatic heterocycles. The Labute approximate surface area is 207 Å². The normalized spacial score (nSPS) is 11.1. The van der Waals surface area contributed by atoms with Gasteiger partial charge in [0.25, 0.3) is 0 Å². The van der Waals surface area contributed by atoms with E-state index in [4.69, 9.17) is 18.9 Å². The minimum atomic E-state index is -0.511. The zero-order valence-electron chi connectivity index (χ0n) is 19.4. The number of furan rings is 1. The lowest BCUT2D eigenvalue weighted by Crippen LogP contribution is -2.35. The first-order valence-corrected chi connectivity index (χ1v) is 12.0. The maximum absolute atomic E-state index is 14.3. The SMILES string of the molecule is COc1ccc(OC)c2sc(N(Cc3ccco3)C(=O)C(c3ccccc3)c3ccccc3)nc12. The van der Waals surface area contributed by atoms with Crippen LogP contribution in [0, 0.1) is 0 Å². The standard InChI is InChI=1S/C28H24N2O4S/c1-32-22-15-16-23(33-2)26-25(22)29-28(35-26)30(18-21-14-9-17-34-21)27(31)24(19-10-5-3-6-11-19)20-12-7-4-8-13-20/h3-17,24H,18H2,1-2H3. The highest BCUT2D eigenvalue weighted by Gasteiger charge is 2.31. The zero-order chi connectivity index (χ0) is 24.2. The number of carbonyl (C=O) groups excluding carboxylic acids is 1. The number of thiazole rings is 1. The lowest BCUT2D eigenvalue weighted by molar-refractivity contribution is -0.119. The van der Waals surface area contributed by atoms with E-state index in [9.17, 15) is 4.79 Å². The predicted molar refractivity (Wildman–Crippen MR) is 137 cm³/mol. The van der Waals surface area contributed by atoms with Crippen LogP contribution in [-0.2, 0) is 11.3 Å². The van der Waals surface area contributed by atoms with E-state index in [1.807, 2.05) is 84.9 Å². The molecule has 0 fully saturated rings. The van der Waals surface area contributed by atoms with E-state index >= 15 is 0 Å². The van der Waals surface area contributed by atoms with Crippen LogP contribution in [-0.4, -0.2) is 25.1 Å². The molecule has 35 heavy (non-hydrogen) atoms. The van der Waals surface area contributed by atoms with Crippen molar-refractivity contribution in [2.75, 3.05) is 19.1 Å². The summed E-state index contributed by atoms with van der Waals surface area (Å²) in [7, 11) is 3.22. The molecule has 0 bridgehead atoms. The van der Waals surface area contributed by atoms with Crippen molar-refractivity contribution in [3.05, 3.63) is 108 Å². The Balaban J connectivity index is 1.66. The van der Waals surface area contributed by atoms with Crippen molar-refractivity contribution in [3.8, 4) is 11.5 Å². The smallest absolute Gasteiger partial charge is 0.241 e. The van der Waals surface area contributed by atoms with Crippen LogP contribution in [0.1, 0.15) is 22.8 Å². The van der Waals surface area contributed by atoms with Crippen LogP contribution in [0.25, 0.3) is 10.2 Å². The van der Waals surface area contributed by atoms with Gasteiger partial charge in [-0.3, -0.25) is 9.69 Å². The van der Waals surface area contributed by atoms with Gasteiger partial charge >= 0.3 is 0 Å². The van der Waals surface area contributed by atoms with Gasteiger partial charge in [0.1, 0.15) is 27.5 Å². The molecule has 0 spiro atoms. The monoisotopic (exact) mass is 484 g/mol. The molecule has 176 valence electrons. The van der Waals surface area contributed by atoms with Gasteiger partial charge in [0.2, 0.25) is 5.91 Å². The maximum atomic E-state index is 14.3. The molecule has 0 atom stereocenters. The summed E-state index contributed by atoms with van der Waals surface area (Å²) in [4.78, 5) is 20.9. The number of carbonyl (C=O) groups is 1. The number of methoxy groups -OCH3 is 2. The summed E-state index contributed by atoms with van der Waals surface area (Å²) in [5.41, 5.74) is 2.47. The number of hydrogen-bond donors (Lipinski definition) is 0. The van der Waals surface area contributed by atoms with Crippen molar-refractivity contribution >= 4 is 32.6 Å². The number of amides is 1. The Morgan fingerprint density at radius 3 is 2.09 bits per heavy atom. The molecule has 6 nitrogen and oxygen atoms in total. The Kier molecular flexibility index (Phi) is 6.50. The summed E-state index contributed by atoms with van der Waals surface area (Å²) in [5, 5.41) is 0.543. The molecule has 5 aromatic rings. The molecular formula is C28H24N2O4S. The highest BCUT2D eigenvalue weighted by Crippen LogP contribution is 2.41. The van der Waals surface area contributed by atoms with Crippen molar-refractivity contribution in [2.45, 2.75) is 12.5 Å². The van der Waals surface area contributed by atoms with Gasteiger partial charge in [-0.15, -0.1) is 0 Å². The fourth-order valence-electron chi connectivity index (χ4n) is 4.11. The third-order valence-corrected chi connectivity index (χ3v) is 6.90. The summed E-state index contributed by atoms with van der Waals surface area (Å²) in [6.07, 6.45) is 1.61. The van der Waals surface area contributed by atoms with Crippen molar-refractivity contribution in [1.29, 1.82) is 0 Å². The molecule has 0 saturated carbocycles. The first kappa shape index (κ1) is 22.7. The largest absolute Gasteiger partial charge is 0.495 e. The molecular weight excluding hydrogens is 460 g/mol. The average molecular weight is 485 g/mol. The van der Waals surface area contributed by atoms with Crippen molar-refractivity contribution in [3.63, 3.8) is 0 Å². The fourth-order valence-corrected chi connectivity index (χ4v) is 5.19. The first-order chi connectivity index (χ1) is 17.2. The lowest BCUT2D eigenvalue weighted by atomic mass is 9.90. The van der Waals surface area contributed by atoms with Crippen LogP contribution in [0.5, 0.6) is 11.5 Å². The van der Waals surface area contributed by atoms with Crippen molar-refractivity contribution < 1.29 is 18.7 Å². The number of anilines is 1. The van der Waals surface area contributed by atoms with Crippen LogP contribution >= 0.6 is 11.3 Å². The first-order valence-electron chi connectivity index (χ1n) is 11.1. The number of aromatic nitrogens is 1. The van der Waals surface area contributed by atoms with Crippen LogP contribution in [0.4, 0.5) is 5.13 Å². The maximum Gasteiger partial charge on any atom is 0.241 e. The third kappa shape index (κ3) is 4.50. The minimum Gasteiger partial charge on any atom is -0.495 e. The second-order valence-electron chi connectivity index (χ2n) is 7.90. The molecule has 2 aromatic heterocycles. The van der Waals surface area contributed by atoms with E-state index in [2.05, 4.69) is 0 Å². The summed E-state index contributed by atoms with van der Waals surface area (Å²) in [5.74, 6) is 1.35. The molecule has 7 heteroatoms. The van der Waals surface area contributed by atoms with E-state index in [0.717, 1.165) is 15.8 Å². The molecule has 0 aliphatic rings. The minimum absolute atomic E-state index is 0.101. The van der Waals surface area contributed by atoms with E-state index in [-0.39, 0.29) is 12.5 Å². The quantitative estimate of drug-likeness (QED) is 0.260. The second kappa shape index (κ2) is 10.0. The number of benzene rings is 3. The Morgan fingerprint density at radius 2 is 1.51 bits per heavy atom. The Hall–Kier alpha value is -4.10. The van der Waals surface area contributed by atoms with Crippen molar-refractivity contribution in [2.24, 2.45) is 0 Å². The molecule has 0 radical (unpaired) electrons. The number of fused-ring (bicyclic) bond motifs is 1. The number of rotatable bonds is 8. The second-order valence-corrected chi connectivity index (χ2v) is 8.88. The Bertz CT molecular complexity index is 1340. The van der Waals surface area contributed by atoms with E-state index in [1.54, 1.807) is 25.4 Å². The number of hydrogen-bond acceptors (Lipinski definition) is 6. The van der Waals surface area contributed by atoms with E-state index in [1.165, 1.54) is 11.3 Å². The van der Waals surface area contributed by atoms with Crippen molar-refractivity contribution in [1.82, 2.24) is 4.98 Å². The van der Waals surface area contributed by atoms with Crippen LogP contribution in [0.2, 0.25) is 0 Å². The lowest BCUT2D eigenvalue weighted by Gasteiger charge is -2.25. The molecule has 2 heterocycles. The van der Waals surface area contributed by atoms with E-state index < -0.39 is 5.92 Å². The van der Waals surface area contributed by atoms with Gasteiger partial charge in [-0.2, -0.15) is 0 Å².